The number of piperidine rings is 1. The van der Waals surface area contributed by atoms with Crippen molar-refractivity contribution < 1.29 is 4.79 Å². The van der Waals surface area contributed by atoms with Crippen LogP contribution in [0.5, 0.6) is 0 Å². The lowest BCUT2D eigenvalue weighted by Gasteiger charge is -2.29. The molecule has 0 radical (unpaired) electrons. The molecule has 1 unspecified atom stereocenters. The maximum atomic E-state index is 13.0. The van der Waals surface area contributed by atoms with Crippen molar-refractivity contribution in [2.45, 2.75) is 52.1 Å². The maximum Gasteiger partial charge on any atom is 0.274 e. The van der Waals surface area contributed by atoms with E-state index >= 15 is 0 Å². The minimum atomic E-state index is -0.464. The largest absolute Gasteiger partial charge is 0.372 e. The number of carbonyl (C=O) groups is 1. The summed E-state index contributed by atoms with van der Waals surface area (Å²) in [5.74, 6) is -0.559. The number of carbonyl (C=O) groups excluding carboxylic acids is 1. The lowest BCUT2D eigenvalue weighted by Crippen LogP contribution is -2.31. The minimum absolute atomic E-state index is 0.0951. The molecule has 3 aromatic rings. The molecule has 31 heavy (non-hydrogen) atoms. The van der Waals surface area contributed by atoms with Crippen LogP contribution < -0.4 is 15.8 Å². The molecular formula is C25H30N4O2. The Labute approximate surface area is 182 Å². The van der Waals surface area contributed by atoms with Gasteiger partial charge in [-0.1, -0.05) is 30.3 Å². The van der Waals surface area contributed by atoms with E-state index in [0.29, 0.717) is 24.2 Å². The molecule has 6 heteroatoms. The van der Waals surface area contributed by atoms with Crippen LogP contribution in [0, 0.1) is 0 Å². The van der Waals surface area contributed by atoms with E-state index in [1.54, 1.807) is 6.07 Å². The molecule has 162 valence electrons. The molecule has 1 aliphatic rings. The van der Waals surface area contributed by atoms with Crippen LogP contribution in [0.2, 0.25) is 0 Å². The third-order valence-electron chi connectivity index (χ3n) is 6.10. The van der Waals surface area contributed by atoms with E-state index < -0.39 is 5.92 Å². The highest BCUT2D eigenvalue weighted by atomic mass is 16.2. The summed E-state index contributed by atoms with van der Waals surface area (Å²) in [7, 11) is 0. The molecule has 4 rings (SSSR count). The third-order valence-corrected chi connectivity index (χ3v) is 6.10. The van der Waals surface area contributed by atoms with Gasteiger partial charge in [-0.2, -0.15) is 5.10 Å². The van der Waals surface area contributed by atoms with Crippen LogP contribution in [0.15, 0.2) is 53.3 Å². The number of anilines is 1. The van der Waals surface area contributed by atoms with Crippen molar-refractivity contribution in [3.8, 4) is 0 Å². The molecule has 0 spiro atoms. The Kier molecular flexibility index (Phi) is 6.35. The van der Waals surface area contributed by atoms with Crippen LogP contribution >= 0.6 is 0 Å². The minimum Gasteiger partial charge on any atom is -0.372 e. The van der Waals surface area contributed by atoms with Crippen molar-refractivity contribution in [3.63, 3.8) is 0 Å². The number of benzene rings is 2. The number of hydrogen-bond donors (Lipinski definition) is 1. The second kappa shape index (κ2) is 9.33. The fourth-order valence-electron chi connectivity index (χ4n) is 4.28. The van der Waals surface area contributed by atoms with Crippen molar-refractivity contribution in [1.82, 2.24) is 15.1 Å². The maximum absolute atomic E-state index is 13.0. The van der Waals surface area contributed by atoms with Crippen LogP contribution in [0.3, 0.4) is 0 Å². The fraction of sp³-hybridized carbons (Fsp3) is 0.400. The number of amides is 1. The van der Waals surface area contributed by atoms with Gasteiger partial charge in [0.1, 0.15) is 0 Å². The molecule has 0 saturated carbocycles. The molecule has 2 aromatic carbocycles. The molecule has 1 aromatic heterocycles. The van der Waals surface area contributed by atoms with Gasteiger partial charge in [0, 0.05) is 37.3 Å². The summed E-state index contributed by atoms with van der Waals surface area (Å²) < 4.78 is 1.43. The first-order valence-electron chi connectivity index (χ1n) is 11.2. The second-order valence-corrected chi connectivity index (χ2v) is 8.21. The van der Waals surface area contributed by atoms with Crippen LogP contribution in [0.1, 0.15) is 50.3 Å². The summed E-state index contributed by atoms with van der Waals surface area (Å²) in [5.41, 5.74) is 2.82. The van der Waals surface area contributed by atoms with Gasteiger partial charge in [0.25, 0.3) is 5.56 Å². The van der Waals surface area contributed by atoms with Crippen LogP contribution in [0.25, 0.3) is 10.8 Å². The third kappa shape index (κ3) is 4.48. The number of aromatic nitrogens is 2. The highest BCUT2D eigenvalue weighted by Crippen LogP contribution is 2.23. The zero-order valence-electron chi connectivity index (χ0n) is 18.3. The average Bonchev–Trinajstić information content (AvgIpc) is 2.83. The number of hydrogen-bond acceptors (Lipinski definition) is 4. The highest BCUT2D eigenvalue weighted by molar-refractivity contribution is 5.91. The van der Waals surface area contributed by atoms with Crippen molar-refractivity contribution in [2.75, 3.05) is 18.0 Å². The first kappa shape index (κ1) is 21.1. The lowest BCUT2D eigenvalue weighted by atomic mass is 10.0. The van der Waals surface area contributed by atoms with Gasteiger partial charge in [0.2, 0.25) is 5.91 Å². The SMILES string of the molecule is CCn1nc(C(C)C(=O)NCc2cccc(N3CCCCC3)c2)c2ccccc2c1=O. The van der Waals surface area contributed by atoms with E-state index in [1.807, 2.05) is 38.1 Å². The summed E-state index contributed by atoms with van der Waals surface area (Å²) in [4.78, 5) is 28.0. The average molecular weight is 419 g/mol. The first-order chi connectivity index (χ1) is 15.1. The van der Waals surface area contributed by atoms with Crippen LogP contribution in [0.4, 0.5) is 5.69 Å². The van der Waals surface area contributed by atoms with Crippen molar-refractivity contribution in [3.05, 3.63) is 70.1 Å². The summed E-state index contributed by atoms with van der Waals surface area (Å²) in [6, 6.07) is 15.8. The molecule has 6 nitrogen and oxygen atoms in total. The molecule has 1 fully saturated rings. The molecule has 0 aliphatic carbocycles. The quantitative estimate of drug-likeness (QED) is 0.661. The predicted molar refractivity (Wildman–Crippen MR) is 124 cm³/mol. The Bertz CT molecular complexity index is 1130. The summed E-state index contributed by atoms with van der Waals surface area (Å²) in [5, 5.41) is 8.91. The molecule has 1 amide bonds. The van der Waals surface area contributed by atoms with Gasteiger partial charge in [0.15, 0.2) is 0 Å². The zero-order chi connectivity index (χ0) is 21.8. The van der Waals surface area contributed by atoms with Gasteiger partial charge in [-0.05, 0) is 56.9 Å². The van der Waals surface area contributed by atoms with E-state index in [2.05, 4.69) is 33.5 Å². The Morgan fingerprint density at radius 3 is 2.55 bits per heavy atom. The van der Waals surface area contributed by atoms with Gasteiger partial charge in [-0.3, -0.25) is 9.59 Å². The van der Waals surface area contributed by atoms with Crippen molar-refractivity contribution in [2.24, 2.45) is 0 Å². The molecule has 1 N–H and O–H groups in total. The van der Waals surface area contributed by atoms with Gasteiger partial charge in [-0.15, -0.1) is 0 Å². The molecule has 1 saturated heterocycles. The van der Waals surface area contributed by atoms with E-state index in [0.717, 1.165) is 24.0 Å². The summed E-state index contributed by atoms with van der Waals surface area (Å²) >= 11 is 0. The second-order valence-electron chi connectivity index (χ2n) is 8.21. The predicted octanol–water partition coefficient (Wildman–Crippen LogP) is 3.83. The molecule has 1 aliphatic heterocycles. The van der Waals surface area contributed by atoms with Crippen molar-refractivity contribution in [1.29, 1.82) is 0 Å². The van der Waals surface area contributed by atoms with Gasteiger partial charge in [0.05, 0.1) is 17.0 Å². The number of fused-ring (bicyclic) bond motifs is 1. The summed E-state index contributed by atoms with van der Waals surface area (Å²) in [6.07, 6.45) is 3.77. The molecule has 0 bridgehead atoms. The van der Waals surface area contributed by atoms with E-state index in [9.17, 15) is 9.59 Å². The number of nitrogens with one attached hydrogen (secondary N) is 1. The highest BCUT2D eigenvalue weighted by Gasteiger charge is 2.21. The molecule has 1 atom stereocenters. The normalized spacial score (nSPS) is 15.1. The van der Waals surface area contributed by atoms with Gasteiger partial charge in [-0.25, -0.2) is 4.68 Å². The monoisotopic (exact) mass is 418 g/mol. The van der Waals surface area contributed by atoms with Crippen molar-refractivity contribution >= 4 is 22.4 Å². The number of aryl methyl sites for hydroxylation is 1. The van der Waals surface area contributed by atoms with Gasteiger partial charge >= 0.3 is 0 Å². The van der Waals surface area contributed by atoms with Gasteiger partial charge < -0.3 is 10.2 Å². The van der Waals surface area contributed by atoms with Crippen LogP contribution in [-0.2, 0) is 17.9 Å². The fourth-order valence-corrected chi connectivity index (χ4v) is 4.28. The first-order valence-corrected chi connectivity index (χ1v) is 11.2. The Balaban J connectivity index is 1.51. The molecule has 2 heterocycles. The summed E-state index contributed by atoms with van der Waals surface area (Å²) in [6.45, 7) is 6.85. The lowest BCUT2D eigenvalue weighted by molar-refractivity contribution is -0.122. The zero-order valence-corrected chi connectivity index (χ0v) is 18.3. The Morgan fingerprint density at radius 1 is 1.06 bits per heavy atom. The molecular weight excluding hydrogens is 388 g/mol. The van der Waals surface area contributed by atoms with Crippen LogP contribution in [-0.4, -0.2) is 28.8 Å². The van der Waals surface area contributed by atoms with E-state index in [1.165, 1.54) is 29.6 Å². The standard InChI is InChI=1S/C25H30N4O2/c1-3-29-25(31)22-13-6-5-12-21(22)23(27-29)18(2)24(30)26-17-19-10-9-11-20(16-19)28-14-7-4-8-15-28/h5-6,9-13,16,18H,3-4,7-8,14-15,17H2,1-2H3,(H,26,30). The van der Waals surface area contributed by atoms with E-state index in [-0.39, 0.29) is 11.5 Å². The van der Waals surface area contributed by atoms with E-state index in [4.69, 9.17) is 0 Å². The number of rotatable bonds is 6. The Hall–Kier alpha value is -3.15. The number of nitrogens with zero attached hydrogens (tertiary/aromatic N) is 3. The smallest absolute Gasteiger partial charge is 0.274 e. The Morgan fingerprint density at radius 2 is 1.81 bits per heavy atom. The topological polar surface area (TPSA) is 67.2 Å².